The number of rotatable bonds is 5. The minimum absolute atomic E-state index is 0.0128. The number of halogens is 6. The Morgan fingerprint density at radius 3 is 2.50 bits per heavy atom. The van der Waals surface area contributed by atoms with Gasteiger partial charge in [0.1, 0.15) is 11.5 Å². The van der Waals surface area contributed by atoms with Crippen LogP contribution in [0, 0.1) is 5.92 Å². The molecule has 0 aliphatic carbocycles. The van der Waals surface area contributed by atoms with Crippen LogP contribution < -0.4 is 5.32 Å². The average Bonchev–Trinajstić information content (AvgIpc) is 3.47. The SMILES string of the molecule is CCc1nc2ncc(C(F)(F)F)cn2c1C(=O)NCc1ccc(-c2nc3n(n2)CC[C@@H](C(F)(F)F)C3)cc1. The Labute approximate surface area is 211 Å². The molecule has 4 heterocycles. The summed E-state index contributed by atoms with van der Waals surface area (Å²) in [6.45, 7) is 1.94. The van der Waals surface area contributed by atoms with E-state index in [1.165, 1.54) is 4.68 Å². The number of benzene rings is 1. The van der Waals surface area contributed by atoms with Crippen LogP contribution in [0.4, 0.5) is 26.3 Å². The number of carbonyl (C=O) groups is 1. The summed E-state index contributed by atoms with van der Waals surface area (Å²) >= 11 is 0. The number of nitrogens with zero attached hydrogens (tertiary/aromatic N) is 6. The number of carbonyl (C=O) groups excluding carboxylic acids is 1. The van der Waals surface area contributed by atoms with E-state index in [9.17, 15) is 31.1 Å². The second-order valence-corrected chi connectivity index (χ2v) is 8.96. The number of alkyl halides is 6. The van der Waals surface area contributed by atoms with Gasteiger partial charge in [-0.15, -0.1) is 0 Å². The monoisotopic (exact) mass is 537 g/mol. The smallest absolute Gasteiger partial charge is 0.347 e. The quantitative estimate of drug-likeness (QED) is 0.375. The molecular weight excluding hydrogens is 516 g/mol. The molecule has 5 rings (SSSR count). The number of hydrogen-bond acceptors (Lipinski definition) is 5. The standard InChI is InChI=1S/C24H21F6N7O/c1-2-17-19(36-12-16(24(28,29)30)11-32-22(36)33-17)21(38)31-10-13-3-5-14(6-4-13)20-34-18-9-15(23(25,26)27)7-8-37(18)35-20/h3-6,11-12,15H,2,7-10H2,1H3,(H,31,38)/t15-/m1/s1. The van der Waals surface area contributed by atoms with Gasteiger partial charge < -0.3 is 5.32 Å². The summed E-state index contributed by atoms with van der Waals surface area (Å²) < 4.78 is 81.2. The van der Waals surface area contributed by atoms with Crippen LogP contribution in [-0.2, 0) is 32.1 Å². The van der Waals surface area contributed by atoms with E-state index in [0.29, 0.717) is 35.3 Å². The van der Waals surface area contributed by atoms with Gasteiger partial charge in [-0.2, -0.15) is 31.4 Å². The van der Waals surface area contributed by atoms with Crippen LogP contribution >= 0.6 is 0 Å². The van der Waals surface area contributed by atoms with Crippen molar-refractivity contribution in [2.45, 2.75) is 51.6 Å². The van der Waals surface area contributed by atoms with Crippen LogP contribution in [0.15, 0.2) is 36.7 Å². The highest BCUT2D eigenvalue weighted by Gasteiger charge is 2.42. The molecule has 0 fully saturated rings. The van der Waals surface area contributed by atoms with Crippen LogP contribution in [0.2, 0.25) is 0 Å². The minimum atomic E-state index is -4.63. The van der Waals surface area contributed by atoms with Gasteiger partial charge in [-0.1, -0.05) is 31.2 Å². The van der Waals surface area contributed by atoms with E-state index < -0.39 is 29.7 Å². The highest BCUT2D eigenvalue weighted by Crippen LogP contribution is 2.35. The molecule has 14 heteroatoms. The highest BCUT2D eigenvalue weighted by molar-refractivity contribution is 5.94. The molecule has 4 aromatic rings. The molecule has 0 saturated heterocycles. The maximum Gasteiger partial charge on any atom is 0.419 e. The van der Waals surface area contributed by atoms with E-state index in [4.69, 9.17) is 0 Å². The molecule has 0 bridgehead atoms. The molecule has 1 aliphatic heterocycles. The predicted octanol–water partition coefficient (Wildman–Crippen LogP) is 4.62. The second kappa shape index (κ2) is 9.40. The average molecular weight is 537 g/mol. The molecule has 38 heavy (non-hydrogen) atoms. The Morgan fingerprint density at radius 2 is 1.84 bits per heavy atom. The first-order valence-corrected chi connectivity index (χ1v) is 11.8. The van der Waals surface area contributed by atoms with Crippen molar-refractivity contribution in [1.29, 1.82) is 0 Å². The first-order chi connectivity index (χ1) is 17.9. The zero-order valence-electron chi connectivity index (χ0n) is 19.9. The lowest BCUT2D eigenvalue weighted by Gasteiger charge is -2.24. The Balaban J connectivity index is 1.30. The first kappa shape index (κ1) is 25.7. The van der Waals surface area contributed by atoms with Crippen molar-refractivity contribution in [3.8, 4) is 11.4 Å². The number of hydrogen-bond donors (Lipinski definition) is 1. The van der Waals surface area contributed by atoms with Crippen LogP contribution in [0.5, 0.6) is 0 Å². The third-order valence-corrected chi connectivity index (χ3v) is 6.42. The highest BCUT2D eigenvalue weighted by atomic mass is 19.4. The van der Waals surface area contributed by atoms with Gasteiger partial charge in [0.15, 0.2) is 5.82 Å². The lowest BCUT2D eigenvalue weighted by Crippen LogP contribution is -2.31. The van der Waals surface area contributed by atoms with Gasteiger partial charge in [-0.05, 0) is 18.4 Å². The molecule has 1 N–H and O–H groups in total. The van der Waals surface area contributed by atoms with Crippen molar-refractivity contribution in [2.75, 3.05) is 0 Å². The Hall–Kier alpha value is -3.97. The normalized spacial score (nSPS) is 16.0. The summed E-state index contributed by atoms with van der Waals surface area (Å²) in [7, 11) is 0. The van der Waals surface area contributed by atoms with E-state index in [0.717, 1.165) is 10.6 Å². The fraction of sp³-hybridized carbons (Fsp3) is 0.375. The molecule has 1 aromatic carbocycles. The van der Waals surface area contributed by atoms with Crippen molar-refractivity contribution >= 4 is 11.7 Å². The summed E-state index contributed by atoms with van der Waals surface area (Å²) in [6, 6.07) is 6.78. The molecule has 8 nitrogen and oxygen atoms in total. The second-order valence-electron chi connectivity index (χ2n) is 8.96. The number of imidazole rings is 1. The molecular formula is C24H21F6N7O. The van der Waals surface area contributed by atoms with Gasteiger partial charge in [0.25, 0.3) is 5.91 Å². The number of aryl methyl sites for hydroxylation is 2. The van der Waals surface area contributed by atoms with Crippen LogP contribution in [0.25, 0.3) is 17.2 Å². The predicted molar refractivity (Wildman–Crippen MR) is 122 cm³/mol. The topological polar surface area (TPSA) is 90.0 Å². The van der Waals surface area contributed by atoms with Gasteiger partial charge >= 0.3 is 12.4 Å². The lowest BCUT2D eigenvalue weighted by atomic mass is 9.98. The third kappa shape index (κ3) is 4.94. The van der Waals surface area contributed by atoms with Crippen molar-refractivity contribution < 1.29 is 31.1 Å². The third-order valence-electron chi connectivity index (χ3n) is 6.42. The molecule has 0 spiro atoms. The fourth-order valence-corrected chi connectivity index (χ4v) is 4.36. The fourth-order valence-electron chi connectivity index (χ4n) is 4.36. The molecule has 0 radical (unpaired) electrons. The van der Waals surface area contributed by atoms with E-state index in [-0.39, 0.29) is 43.2 Å². The van der Waals surface area contributed by atoms with E-state index >= 15 is 0 Å². The van der Waals surface area contributed by atoms with Gasteiger partial charge in [0.2, 0.25) is 5.78 Å². The first-order valence-electron chi connectivity index (χ1n) is 11.8. The molecule has 1 amide bonds. The van der Waals surface area contributed by atoms with Gasteiger partial charge in [-0.25, -0.2) is 19.6 Å². The molecule has 200 valence electrons. The molecule has 1 atom stereocenters. The van der Waals surface area contributed by atoms with Crippen LogP contribution in [0.1, 0.15) is 46.5 Å². The van der Waals surface area contributed by atoms with Crippen molar-refractivity contribution in [3.05, 3.63) is 65.0 Å². The van der Waals surface area contributed by atoms with Gasteiger partial charge in [0.05, 0.1) is 17.2 Å². The van der Waals surface area contributed by atoms with E-state index in [1.807, 2.05) is 0 Å². The molecule has 0 saturated carbocycles. The van der Waals surface area contributed by atoms with E-state index in [2.05, 4.69) is 25.4 Å². The van der Waals surface area contributed by atoms with E-state index in [1.54, 1.807) is 31.2 Å². The summed E-state index contributed by atoms with van der Waals surface area (Å²) in [5.74, 6) is -1.46. The van der Waals surface area contributed by atoms with Crippen molar-refractivity contribution in [1.82, 2.24) is 34.4 Å². The summed E-state index contributed by atoms with van der Waals surface area (Å²) in [6.07, 6.45) is -7.38. The van der Waals surface area contributed by atoms with Gasteiger partial charge in [0, 0.05) is 37.5 Å². The zero-order valence-corrected chi connectivity index (χ0v) is 19.9. The molecule has 1 aliphatic rings. The Morgan fingerprint density at radius 1 is 1.11 bits per heavy atom. The summed E-state index contributed by atoms with van der Waals surface area (Å²) in [4.78, 5) is 25.1. The Bertz CT molecular complexity index is 1490. The largest absolute Gasteiger partial charge is 0.419 e. The van der Waals surface area contributed by atoms with Crippen molar-refractivity contribution in [3.63, 3.8) is 0 Å². The summed E-state index contributed by atoms with van der Waals surface area (Å²) in [5.41, 5.74) is 0.573. The number of amides is 1. The lowest BCUT2D eigenvalue weighted by molar-refractivity contribution is -0.179. The zero-order chi connectivity index (χ0) is 27.2. The maximum absolute atomic E-state index is 13.2. The van der Waals surface area contributed by atoms with Crippen molar-refractivity contribution in [2.24, 2.45) is 5.92 Å². The Kier molecular flexibility index (Phi) is 6.35. The van der Waals surface area contributed by atoms with Crippen LogP contribution in [0.3, 0.4) is 0 Å². The molecule has 3 aromatic heterocycles. The number of fused-ring (bicyclic) bond motifs is 2. The molecule has 0 unspecified atom stereocenters. The van der Waals surface area contributed by atoms with Gasteiger partial charge in [-0.3, -0.25) is 9.20 Å². The minimum Gasteiger partial charge on any atom is -0.347 e. The maximum atomic E-state index is 13.2. The number of nitrogens with one attached hydrogen (secondary N) is 1. The van der Waals surface area contributed by atoms with Crippen LogP contribution in [-0.4, -0.2) is 41.2 Å². The number of aromatic nitrogens is 6. The summed E-state index contributed by atoms with van der Waals surface area (Å²) in [5, 5.41) is 7.01.